The van der Waals surface area contributed by atoms with E-state index in [9.17, 15) is 4.79 Å². The molecule has 2 aliphatic rings. The molecule has 0 spiro atoms. The van der Waals surface area contributed by atoms with E-state index in [1.165, 1.54) is 11.1 Å². The molecule has 3 heteroatoms. The first-order valence-electron chi connectivity index (χ1n) is 9.39. The van der Waals surface area contributed by atoms with E-state index in [2.05, 4.69) is 65.3 Å². The van der Waals surface area contributed by atoms with Crippen molar-refractivity contribution in [3.63, 3.8) is 0 Å². The van der Waals surface area contributed by atoms with Crippen LogP contribution in [0.15, 0.2) is 54.6 Å². The first-order valence-corrected chi connectivity index (χ1v) is 9.39. The number of anilines is 1. The van der Waals surface area contributed by atoms with Crippen molar-refractivity contribution in [3.05, 3.63) is 65.7 Å². The molecule has 0 aromatic heterocycles. The van der Waals surface area contributed by atoms with E-state index < -0.39 is 0 Å². The number of benzene rings is 2. The molecule has 1 amide bonds. The second kappa shape index (κ2) is 7.01. The van der Waals surface area contributed by atoms with E-state index in [1.54, 1.807) is 0 Å². The third-order valence-electron chi connectivity index (χ3n) is 5.63. The summed E-state index contributed by atoms with van der Waals surface area (Å²) in [5, 5.41) is 0. The minimum Gasteiger partial charge on any atom is -0.309 e. The monoisotopic (exact) mass is 334 g/mol. The fraction of sp³-hybridized carbons (Fsp3) is 0.409. The number of para-hydroxylation sites is 1. The van der Waals surface area contributed by atoms with E-state index >= 15 is 0 Å². The molecular weight excluding hydrogens is 308 g/mol. The summed E-state index contributed by atoms with van der Waals surface area (Å²) in [5.74, 6) is 0.498. The number of hydrogen-bond acceptors (Lipinski definition) is 2. The Balaban J connectivity index is 1.39. The molecule has 1 saturated heterocycles. The Morgan fingerprint density at radius 3 is 2.44 bits per heavy atom. The molecule has 130 valence electrons. The summed E-state index contributed by atoms with van der Waals surface area (Å²) < 4.78 is 0. The van der Waals surface area contributed by atoms with Gasteiger partial charge in [-0.1, -0.05) is 48.5 Å². The average molecular weight is 334 g/mol. The summed E-state index contributed by atoms with van der Waals surface area (Å²) in [5.41, 5.74) is 3.80. The van der Waals surface area contributed by atoms with Gasteiger partial charge in [-0.3, -0.25) is 9.69 Å². The molecule has 0 saturated carbocycles. The Morgan fingerprint density at radius 1 is 1.00 bits per heavy atom. The molecule has 3 nitrogen and oxygen atoms in total. The topological polar surface area (TPSA) is 23.6 Å². The van der Waals surface area contributed by atoms with Crippen LogP contribution in [0.4, 0.5) is 5.69 Å². The molecule has 2 aromatic carbocycles. The second-order valence-electron chi connectivity index (χ2n) is 7.43. The number of nitrogens with zero attached hydrogens (tertiary/aromatic N) is 2. The van der Waals surface area contributed by atoms with Crippen LogP contribution < -0.4 is 4.90 Å². The molecule has 25 heavy (non-hydrogen) atoms. The van der Waals surface area contributed by atoms with E-state index in [0.717, 1.165) is 44.6 Å². The maximum absolute atomic E-state index is 13.1. The van der Waals surface area contributed by atoms with Crippen LogP contribution in [0.25, 0.3) is 0 Å². The molecule has 1 fully saturated rings. The van der Waals surface area contributed by atoms with Crippen LogP contribution in [-0.4, -0.2) is 29.9 Å². The molecule has 2 aliphatic heterocycles. The quantitative estimate of drug-likeness (QED) is 0.850. The number of amides is 1. The maximum Gasteiger partial charge on any atom is 0.230 e. The predicted octanol–water partition coefficient (Wildman–Crippen LogP) is 3.88. The van der Waals surface area contributed by atoms with Crippen LogP contribution >= 0.6 is 0 Å². The Kier molecular flexibility index (Phi) is 4.58. The summed E-state index contributed by atoms with van der Waals surface area (Å²) in [4.78, 5) is 17.7. The first kappa shape index (κ1) is 16.3. The van der Waals surface area contributed by atoms with E-state index in [1.807, 2.05) is 6.07 Å². The van der Waals surface area contributed by atoms with Crippen molar-refractivity contribution in [2.45, 2.75) is 38.8 Å². The fourth-order valence-corrected chi connectivity index (χ4v) is 4.28. The second-order valence-corrected chi connectivity index (χ2v) is 7.43. The standard InChI is InChI=1S/C22H26N2O/c1-17-15-20-9-5-6-10-21(20)24(17)22(25)19-11-13-23(14-12-19)16-18-7-3-2-4-8-18/h2-10,17,19H,11-16H2,1H3/t17-/m1/s1. The van der Waals surface area contributed by atoms with Crippen molar-refractivity contribution in [2.75, 3.05) is 18.0 Å². The molecule has 1 atom stereocenters. The number of carbonyl (C=O) groups excluding carboxylic acids is 1. The highest BCUT2D eigenvalue weighted by Gasteiger charge is 2.35. The van der Waals surface area contributed by atoms with Crippen LogP contribution in [0.3, 0.4) is 0 Å². The Bertz CT molecular complexity index is 735. The molecule has 0 bridgehead atoms. The van der Waals surface area contributed by atoms with Crippen LogP contribution in [0, 0.1) is 5.92 Å². The highest BCUT2D eigenvalue weighted by molar-refractivity contribution is 5.97. The van der Waals surface area contributed by atoms with Crippen LogP contribution in [0.5, 0.6) is 0 Å². The van der Waals surface area contributed by atoms with Gasteiger partial charge in [0.05, 0.1) is 0 Å². The minimum atomic E-state index is 0.167. The molecule has 0 radical (unpaired) electrons. The van der Waals surface area contributed by atoms with Gasteiger partial charge in [-0.25, -0.2) is 0 Å². The van der Waals surface area contributed by atoms with Gasteiger partial charge in [0, 0.05) is 24.2 Å². The minimum absolute atomic E-state index is 0.167. The molecule has 4 rings (SSSR count). The van der Waals surface area contributed by atoms with Crippen molar-refractivity contribution in [1.29, 1.82) is 0 Å². The van der Waals surface area contributed by atoms with E-state index in [-0.39, 0.29) is 12.0 Å². The number of likely N-dealkylation sites (tertiary alicyclic amines) is 1. The largest absolute Gasteiger partial charge is 0.309 e. The van der Waals surface area contributed by atoms with Crippen molar-refractivity contribution >= 4 is 11.6 Å². The lowest BCUT2D eigenvalue weighted by Gasteiger charge is -2.34. The van der Waals surface area contributed by atoms with Gasteiger partial charge in [0.15, 0.2) is 0 Å². The zero-order valence-electron chi connectivity index (χ0n) is 14.9. The third-order valence-corrected chi connectivity index (χ3v) is 5.63. The number of fused-ring (bicyclic) bond motifs is 1. The van der Waals surface area contributed by atoms with Gasteiger partial charge in [-0.05, 0) is 56.5 Å². The highest BCUT2D eigenvalue weighted by Crippen LogP contribution is 2.34. The number of hydrogen-bond donors (Lipinski definition) is 0. The van der Waals surface area contributed by atoms with E-state index in [0.29, 0.717) is 5.91 Å². The lowest BCUT2D eigenvalue weighted by Crippen LogP contribution is -2.44. The molecule has 0 unspecified atom stereocenters. The molecular formula is C22H26N2O. The number of carbonyl (C=O) groups is 1. The average Bonchev–Trinajstić information content (AvgIpc) is 2.98. The SMILES string of the molecule is C[C@@H]1Cc2ccccc2N1C(=O)C1CCN(Cc2ccccc2)CC1. The smallest absolute Gasteiger partial charge is 0.230 e. The van der Waals surface area contributed by atoms with Gasteiger partial charge in [0.2, 0.25) is 5.91 Å². The highest BCUT2D eigenvalue weighted by atomic mass is 16.2. The van der Waals surface area contributed by atoms with Crippen LogP contribution in [0.1, 0.15) is 30.9 Å². The Hall–Kier alpha value is -2.13. The lowest BCUT2D eigenvalue weighted by atomic mass is 9.94. The third kappa shape index (κ3) is 3.34. The van der Waals surface area contributed by atoms with Gasteiger partial charge in [0.25, 0.3) is 0 Å². The summed E-state index contributed by atoms with van der Waals surface area (Å²) >= 11 is 0. The van der Waals surface area contributed by atoms with Gasteiger partial charge < -0.3 is 4.90 Å². The van der Waals surface area contributed by atoms with Crippen LogP contribution in [-0.2, 0) is 17.8 Å². The number of piperidine rings is 1. The Morgan fingerprint density at radius 2 is 1.68 bits per heavy atom. The van der Waals surface area contributed by atoms with Crippen molar-refractivity contribution in [1.82, 2.24) is 4.90 Å². The zero-order chi connectivity index (χ0) is 17.2. The van der Waals surface area contributed by atoms with Crippen molar-refractivity contribution in [3.8, 4) is 0 Å². The van der Waals surface area contributed by atoms with Crippen molar-refractivity contribution < 1.29 is 4.79 Å². The van der Waals surface area contributed by atoms with Gasteiger partial charge in [-0.2, -0.15) is 0 Å². The normalized spacial score (nSPS) is 21.3. The van der Waals surface area contributed by atoms with Gasteiger partial charge >= 0.3 is 0 Å². The first-order chi connectivity index (χ1) is 12.2. The molecule has 2 aromatic rings. The lowest BCUT2D eigenvalue weighted by molar-refractivity contribution is -0.124. The molecule has 0 aliphatic carbocycles. The zero-order valence-corrected chi connectivity index (χ0v) is 14.9. The number of rotatable bonds is 3. The van der Waals surface area contributed by atoms with Crippen molar-refractivity contribution in [2.24, 2.45) is 5.92 Å². The van der Waals surface area contributed by atoms with Gasteiger partial charge in [-0.15, -0.1) is 0 Å². The molecule has 2 heterocycles. The molecule has 0 N–H and O–H groups in total. The van der Waals surface area contributed by atoms with Gasteiger partial charge in [0.1, 0.15) is 0 Å². The summed E-state index contributed by atoms with van der Waals surface area (Å²) in [6, 6.07) is 19.3. The summed E-state index contributed by atoms with van der Waals surface area (Å²) in [7, 11) is 0. The summed E-state index contributed by atoms with van der Waals surface area (Å²) in [6.07, 6.45) is 2.92. The summed E-state index contributed by atoms with van der Waals surface area (Å²) in [6.45, 7) is 5.18. The van der Waals surface area contributed by atoms with Crippen LogP contribution in [0.2, 0.25) is 0 Å². The Labute approximate surface area is 150 Å². The maximum atomic E-state index is 13.1. The predicted molar refractivity (Wildman–Crippen MR) is 102 cm³/mol. The fourth-order valence-electron chi connectivity index (χ4n) is 4.28. The van der Waals surface area contributed by atoms with E-state index in [4.69, 9.17) is 0 Å².